The number of para-hydroxylation sites is 2. The molecule has 318 valence electrons. The maximum atomic E-state index is 15.2. The van der Waals surface area contributed by atoms with Crippen LogP contribution in [0.5, 0.6) is 0 Å². The highest BCUT2D eigenvalue weighted by Crippen LogP contribution is 2.52. The third kappa shape index (κ3) is 8.94. The van der Waals surface area contributed by atoms with Crippen molar-refractivity contribution < 1.29 is 9.59 Å². The summed E-state index contributed by atoms with van der Waals surface area (Å²) in [4.78, 5) is 30.3. The maximum absolute atomic E-state index is 15.2. The molecule has 0 spiro atoms. The molecule has 8 heteroatoms. The molecule has 66 heavy (non-hydrogen) atoms. The number of hydrogen-bond acceptors (Lipinski definition) is 4. The molecule has 0 radical (unpaired) electrons. The molecule has 0 aliphatic rings. The quantitative estimate of drug-likeness (QED) is 0.0869. The van der Waals surface area contributed by atoms with E-state index in [1.54, 1.807) is 0 Å². The number of carbonyl (C=O) groups excluding carboxylic acids is 2. The van der Waals surface area contributed by atoms with Crippen LogP contribution < -0.4 is 42.0 Å². The largest absolute Gasteiger partial charge is 0.356 e. The number of anilines is 4. The van der Waals surface area contributed by atoms with Crippen LogP contribution in [0.4, 0.5) is 22.7 Å². The lowest BCUT2D eigenvalue weighted by molar-refractivity contribution is 0.101. The summed E-state index contributed by atoms with van der Waals surface area (Å²) in [7, 11) is -2.62. The van der Waals surface area contributed by atoms with Gasteiger partial charge in [0.1, 0.15) is 0 Å². The van der Waals surface area contributed by atoms with Crippen LogP contribution in [0.3, 0.4) is 0 Å². The van der Waals surface area contributed by atoms with E-state index in [0.29, 0.717) is 33.9 Å². The van der Waals surface area contributed by atoms with Crippen molar-refractivity contribution in [3.63, 3.8) is 0 Å². The van der Waals surface area contributed by atoms with Gasteiger partial charge < -0.3 is 20.8 Å². The van der Waals surface area contributed by atoms with Gasteiger partial charge in [-0.15, -0.1) is 0 Å². The molecule has 0 unspecified atom stereocenters. The predicted octanol–water partition coefficient (Wildman–Crippen LogP) is 13.1. The third-order valence-corrected chi connectivity index (χ3v) is 15.6. The van der Waals surface area contributed by atoms with Crippen molar-refractivity contribution >= 4 is 93.5 Å². The minimum Gasteiger partial charge on any atom is -0.356 e. The van der Waals surface area contributed by atoms with Crippen molar-refractivity contribution in [2.24, 2.45) is 0 Å². The topological polar surface area (TPSA) is 82.3 Å². The molecule has 0 fully saturated rings. The molecular formula is C58H44N4O2P2. The number of hydrogen-bond donors (Lipinski definition) is 4. The van der Waals surface area contributed by atoms with Gasteiger partial charge in [0, 0.05) is 43.7 Å². The Morgan fingerprint density at radius 3 is 0.909 bits per heavy atom. The Hall–Kier alpha value is -7.88. The highest BCUT2D eigenvalue weighted by atomic mass is 31.1. The Morgan fingerprint density at radius 1 is 0.318 bits per heavy atom. The molecule has 0 saturated heterocycles. The van der Waals surface area contributed by atoms with Gasteiger partial charge in [-0.1, -0.05) is 206 Å². The molecule has 4 N–H and O–H groups in total. The minimum absolute atomic E-state index is 0.264. The Bertz CT molecular complexity index is 2990. The van der Waals surface area contributed by atoms with E-state index in [4.69, 9.17) is 0 Å². The Balaban J connectivity index is 1.32. The summed E-state index contributed by atoms with van der Waals surface area (Å²) < 4.78 is 0. The first-order valence-electron chi connectivity index (χ1n) is 21.8. The Morgan fingerprint density at radius 2 is 0.591 bits per heavy atom. The molecule has 6 nitrogen and oxygen atoms in total. The molecule has 0 atom stereocenters. The first-order chi connectivity index (χ1) is 32.6. The second-order valence-electron chi connectivity index (χ2n) is 15.7. The average molecular weight is 891 g/mol. The minimum atomic E-state index is -1.31. The van der Waals surface area contributed by atoms with Crippen LogP contribution in [0, 0.1) is 0 Å². The van der Waals surface area contributed by atoms with Crippen LogP contribution in [0.1, 0.15) is 20.7 Å². The number of fused-ring (bicyclic) bond motifs is 2. The number of amides is 2. The van der Waals surface area contributed by atoms with Gasteiger partial charge in [0.25, 0.3) is 11.8 Å². The number of benzene rings is 10. The number of rotatable bonds is 13. The van der Waals surface area contributed by atoms with Crippen molar-refractivity contribution in [3.05, 3.63) is 254 Å². The monoisotopic (exact) mass is 890 g/mol. The molecule has 0 saturated carbocycles. The molecular weight excluding hydrogens is 847 g/mol. The van der Waals surface area contributed by atoms with Crippen LogP contribution >= 0.6 is 16.1 Å². The SMILES string of the molecule is O=C(Nc1ccccc1)c1cc2ccccc2c(-c2c(NP(c3ccccc3)c3ccccc3)c(C(=O)Nc3ccccc3)cc3ccccc23)c1NP(c1ccccc1)c1ccccc1. The fourth-order valence-corrected chi connectivity index (χ4v) is 12.2. The van der Waals surface area contributed by atoms with Gasteiger partial charge in [0.2, 0.25) is 0 Å². The van der Waals surface area contributed by atoms with Crippen LogP contribution in [-0.2, 0) is 0 Å². The van der Waals surface area contributed by atoms with Crippen LogP contribution in [0.25, 0.3) is 32.7 Å². The molecule has 0 bridgehead atoms. The number of nitrogens with one attached hydrogen (secondary N) is 4. The van der Waals surface area contributed by atoms with E-state index in [0.717, 1.165) is 53.9 Å². The lowest BCUT2D eigenvalue weighted by Crippen LogP contribution is -2.22. The summed E-state index contributed by atoms with van der Waals surface area (Å²) in [5.74, 6) is -0.529. The lowest BCUT2D eigenvalue weighted by atomic mass is 9.87. The smallest absolute Gasteiger partial charge is 0.257 e. The van der Waals surface area contributed by atoms with E-state index >= 15 is 9.59 Å². The molecule has 10 rings (SSSR count). The van der Waals surface area contributed by atoms with E-state index in [1.807, 2.05) is 121 Å². The molecule has 0 heterocycles. The van der Waals surface area contributed by atoms with Gasteiger partial charge in [-0.25, -0.2) is 0 Å². The zero-order chi connectivity index (χ0) is 44.7. The van der Waals surface area contributed by atoms with Crippen molar-refractivity contribution in [2.75, 3.05) is 20.8 Å². The first-order valence-corrected chi connectivity index (χ1v) is 24.5. The van der Waals surface area contributed by atoms with Gasteiger partial charge >= 0.3 is 0 Å². The van der Waals surface area contributed by atoms with Gasteiger partial charge in [0.05, 0.1) is 38.6 Å². The summed E-state index contributed by atoms with van der Waals surface area (Å²) in [5.41, 5.74) is 5.20. The van der Waals surface area contributed by atoms with Gasteiger partial charge in [-0.2, -0.15) is 0 Å². The van der Waals surface area contributed by atoms with Crippen LogP contribution in [0.15, 0.2) is 243 Å². The lowest BCUT2D eigenvalue weighted by Gasteiger charge is -2.29. The third-order valence-electron chi connectivity index (χ3n) is 11.4. The molecule has 0 aliphatic carbocycles. The van der Waals surface area contributed by atoms with Gasteiger partial charge in [-0.05, 0) is 57.9 Å². The van der Waals surface area contributed by atoms with E-state index in [-0.39, 0.29) is 11.8 Å². The Labute approximate surface area is 387 Å². The standard InChI is InChI=1S/C58H44N4O2P2/c63-57(59-43-25-7-1-8-26-43)51-39-41-23-19-21-37-49(41)53(55(51)61-65(45-29-11-3-12-30-45)46-31-13-4-14-32-46)54-50-38-22-20-24-42(50)40-52(58(64)60-44-27-9-2-10-28-44)56(54)62-66(47-33-15-5-16-34-47)48-35-17-6-18-36-48/h1-40,61-62H,(H,59,63)(H,60,64). The maximum Gasteiger partial charge on any atom is 0.257 e. The summed E-state index contributed by atoms with van der Waals surface area (Å²) >= 11 is 0. The first kappa shape index (κ1) is 42.1. The normalized spacial score (nSPS) is 11.1. The second-order valence-corrected chi connectivity index (χ2v) is 19.5. The zero-order valence-electron chi connectivity index (χ0n) is 35.8. The molecule has 10 aromatic rings. The molecule has 0 aromatic heterocycles. The summed E-state index contributed by atoms with van der Waals surface area (Å²) in [6.45, 7) is 0. The summed E-state index contributed by atoms with van der Waals surface area (Å²) in [6.07, 6.45) is 0. The summed E-state index contributed by atoms with van der Waals surface area (Å²) in [5, 5.41) is 22.6. The van der Waals surface area contributed by atoms with Gasteiger partial charge in [-0.3, -0.25) is 9.59 Å². The second kappa shape index (κ2) is 19.5. The van der Waals surface area contributed by atoms with Gasteiger partial charge in [0.15, 0.2) is 0 Å². The fraction of sp³-hybridized carbons (Fsp3) is 0. The van der Waals surface area contributed by atoms with Crippen LogP contribution in [-0.4, -0.2) is 11.8 Å². The zero-order valence-corrected chi connectivity index (χ0v) is 37.6. The van der Waals surface area contributed by atoms with Crippen molar-refractivity contribution in [3.8, 4) is 11.1 Å². The molecule has 10 aromatic carbocycles. The van der Waals surface area contributed by atoms with E-state index in [1.165, 1.54) is 0 Å². The predicted molar refractivity (Wildman–Crippen MR) is 281 cm³/mol. The highest BCUT2D eigenvalue weighted by molar-refractivity contribution is 7.74. The summed E-state index contributed by atoms with van der Waals surface area (Å²) in [6, 6.07) is 81.2. The molecule has 0 aliphatic heterocycles. The molecule has 2 amide bonds. The van der Waals surface area contributed by atoms with Crippen LogP contribution in [0.2, 0.25) is 0 Å². The van der Waals surface area contributed by atoms with E-state index < -0.39 is 16.1 Å². The van der Waals surface area contributed by atoms with E-state index in [2.05, 4.69) is 142 Å². The Kier molecular flexibility index (Phi) is 12.4. The van der Waals surface area contributed by atoms with Crippen molar-refractivity contribution in [1.82, 2.24) is 0 Å². The van der Waals surface area contributed by atoms with Crippen molar-refractivity contribution in [2.45, 2.75) is 0 Å². The van der Waals surface area contributed by atoms with E-state index in [9.17, 15) is 0 Å². The fourth-order valence-electron chi connectivity index (χ4n) is 8.33. The van der Waals surface area contributed by atoms with Crippen molar-refractivity contribution in [1.29, 1.82) is 0 Å². The highest BCUT2D eigenvalue weighted by Gasteiger charge is 2.30. The average Bonchev–Trinajstić information content (AvgIpc) is 3.38. The number of carbonyl (C=O) groups is 2.